The number of ether oxygens (including phenoxy) is 2. The van der Waals surface area contributed by atoms with E-state index in [1.54, 1.807) is 30.3 Å². The number of likely N-dealkylation sites (N-methyl/N-ethyl adjacent to an activating group) is 1. The number of carbonyl (C=O) groups excluding carboxylic acids is 3. The second-order valence-corrected chi connectivity index (χ2v) is 8.82. The summed E-state index contributed by atoms with van der Waals surface area (Å²) in [5.74, 6) is -0.178. The van der Waals surface area contributed by atoms with E-state index >= 15 is 0 Å². The SMILES string of the molecule is CCN(CC)CCNC(=O)c1ccc(N/C(=C2\C(=O)Nc3cc(OC(=O)OC)ccc32)c2ccccc2)cc1. The van der Waals surface area contributed by atoms with E-state index in [9.17, 15) is 14.4 Å². The first-order chi connectivity index (χ1) is 18.9. The molecule has 0 radical (unpaired) electrons. The Morgan fingerprint density at radius 2 is 1.64 bits per heavy atom. The molecule has 0 bridgehead atoms. The number of nitrogens with one attached hydrogen (secondary N) is 3. The number of benzene rings is 3. The quantitative estimate of drug-likeness (QED) is 0.196. The van der Waals surface area contributed by atoms with E-state index in [2.05, 4.69) is 39.4 Å². The first kappa shape index (κ1) is 27.4. The predicted molar refractivity (Wildman–Crippen MR) is 152 cm³/mol. The fourth-order valence-electron chi connectivity index (χ4n) is 4.30. The van der Waals surface area contributed by atoms with E-state index in [0.29, 0.717) is 40.3 Å². The van der Waals surface area contributed by atoms with Gasteiger partial charge in [0.25, 0.3) is 11.8 Å². The lowest BCUT2D eigenvalue weighted by molar-refractivity contribution is -0.110. The van der Waals surface area contributed by atoms with Crippen LogP contribution in [0, 0.1) is 0 Å². The van der Waals surface area contributed by atoms with Crippen LogP contribution >= 0.6 is 0 Å². The van der Waals surface area contributed by atoms with Gasteiger partial charge in [0.05, 0.1) is 24.1 Å². The van der Waals surface area contributed by atoms with Gasteiger partial charge in [-0.3, -0.25) is 9.59 Å². The van der Waals surface area contributed by atoms with Crippen molar-refractivity contribution >= 4 is 40.6 Å². The van der Waals surface area contributed by atoms with Crippen molar-refractivity contribution in [2.45, 2.75) is 13.8 Å². The van der Waals surface area contributed by atoms with Gasteiger partial charge in [-0.05, 0) is 55.1 Å². The molecule has 2 amide bonds. The summed E-state index contributed by atoms with van der Waals surface area (Å²) in [6.07, 6.45) is -0.845. The van der Waals surface area contributed by atoms with Gasteiger partial charge < -0.3 is 30.3 Å². The maximum atomic E-state index is 13.2. The average Bonchev–Trinajstić information content (AvgIpc) is 3.29. The Morgan fingerprint density at radius 3 is 2.31 bits per heavy atom. The highest BCUT2D eigenvalue weighted by Gasteiger charge is 2.29. The minimum absolute atomic E-state index is 0.135. The van der Waals surface area contributed by atoms with Gasteiger partial charge in [-0.2, -0.15) is 0 Å². The number of nitrogens with zero attached hydrogens (tertiary/aromatic N) is 1. The van der Waals surface area contributed by atoms with Crippen molar-refractivity contribution in [3.05, 3.63) is 89.5 Å². The fraction of sp³-hybridized carbons (Fsp3) is 0.233. The number of methoxy groups -OCH3 is 1. The standard InChI is InChI=1S/C30H32N4O5/c1-4-34(5-2)18-17-31-28(35)21-11-13-22(14-12-21)32-27(20-9-7-6-8-10-20)26-24-16-15-23(39-30(37)38-3)19-25(24)33-29(26)36/h6-16,19,32H,4-5,17-18H2,1-3H3,(H,31,35)(H,33,36)/b27-26-. The lowest BCUT2D eigenvalue weighted by Gasteiger charge is -2.18. The third-order valence-corrected chi connectivity index (χ3v) is 6.44. The van der Waals surface area contributed by atoms with E-state index in [1.807, 2.05) is 42.5 Å². The molecule has 0 aliphatic carbocycles. The van der Waals surface area contributed by atoms with E-state index in [0.717, 1.165) is 25.2 Å². The van der Waals surface area contributed by atoms with Gasteiger partial charge in [0.2, 0.25) is 0 Å². The molecule has 0 atom stereocenters. The summed E-state index contributed by atoms with van der Waals surface area (Å²) in [4.78, 5) is 39.5. The van der Waals surface area contributed by atoms with Crippen LogP contribution in [0.3, 0.4) is 0 Å². The molecule has 0 fully saturated rings. The Hall–Kier alpha value is -4.63. The van der Waals surface area contributed by atoms with Crippen LogP contribution in [0.1, 0.15) is 35.3 Å². The molecule has 39 heavy (non-hydrogen) atoms. The van der Waals surface area contributed by atoms with Gasteiger partial charge in [0.1, 0.15) is 5.75 Å². The van der Waals surface area contributed by atoms with E-state index in [4.69, 9.17) is 4.74 Å². The Morgan fingerprint density at radius 1 is 0.923 bits per heavy atom. The van der Waals surface area contributed by atoms with Gasteiger partial charge in [0.15, 0.2) is 0 Å². The topological polar surface area (TPSA) is 109 Å². The highest BCUT2D eigenvalue weighted by molar-refractivity contribution is 6.37. The van der Waals surface area contributed by atoms with Crippen molar-refractivity contribution in [2.75, 3.05) is 43.9 Å². The van der Waals surface area contributed by atoms with Gasteiger partial charge in [-0.1, -0.05) is 44.2 Å². The van der Waals surface area contributed by atoms with Crippen LogP contribution in [0.4, 0.5) is 16.2 Å². The van der Waals surface area contributed by atoms with Crippen LogP contribution in [-0.4, -0.2) is 56.2 Å². The summed E-state index contributed by atoms with van der Waals surface area (Å²) < 4.78 is 9.64. The Kier molecular flexibility index (Phi) is 8.96. The molecular weight excluding hydrogens is 496 g/mol. The van der Waals surface area contributed by atoms with Crippen LogP contribution in [0.15, 0.2) is 72.8 Å². The Balaban J connectivity index is 1.59. The summed E-state index contributed by atoms with van der Waals surface area (Å²) >= 11 is 0. The first-order valence-corrected chi connectivity index (χ1v) is 12.8. The maximum absolute atomic E-state index is 13.2. The zero-order valence-corrected chi connectivity index (χ0v) is 22.2. The third-order valence-electron chi connectivity index (χ3n) is 6.44. The van der Waals surface area contributed by atoms with Crippen molar-refractivity contribution in [1.82, 2.24) is 10.2 Å². The minimum Gasteiger partial charge on any atom is -0.437 e. The zero-order chi connectivity index (χ0) is 27.8. The monoisotopic (exact) mass is 528 g/mol. The highest BCUT2D eigenvalue weighted by atomic mass is 16.7. The van der Waals surface area contributed by atoms with E-state index < -0.39 is 6.16 Å². The maximum Gasteiger partial charge on any atom is 0.513 e. The number of fused-ring (bicyclic) bond motifs is 1. The van der Waals surface area contributed by atoms with Crippen LogP contribution in [0.2, 0.25) is 0 Å². The second kappa shape index (κ2) is 12.7. The lowest BCUT2D eigenvalue weighted by Crippen LogP contribution is -2.34. The Bertz CT molecular complexity index is 1370. The fourth-order valence-corrected chi connectivity index (χ4v) is 4.30. The normalized spacial score (nSPS) is 13.4. The molecule has 0 saturated heterocycles. The lowest BCUT2D eigenvalue weighted by atomic mass is 10.00. The third kappa shape index (κ3) is 6.63. The van der Waals surface area contributed by atoms with Crippen molar-refractivity contribution in [3.8, 4) is 5.75 Å². The number of carbonyl (C=O) groups is 3. The summed E-state index contributed by atoms with van der Waals surface area (Å²) in [6.45, 7) is 7.45. The van der Waals surface area contributed by atoms with Crippen LogP contribution < -0.4 is 20.7 Å². The van der Waals surface area contributed by atoms with Crippen molar-refractivity contribution < 1.29 is 23.9 Å². The van der Waals surface area contributed by atoms with Gasteiger partial charge in [0, 0.05) is 36.0 Å². The van der Waals surface area contributed by atoms with Crippen LogP contribution in [0.5, 0.6) is 5.75 Å². The molecule has 1 aliphatic rings. The second-order valence-electron chi connectivity index (χ2n) is 8.82. The van der Waals surface area contributed by atoms with Gasteiger partial charge >= 0.3 is 6.16 Å². The molecule has 9 nitrogen and oxygen atoms in total. The molecule has 0 aromatic heterocycles. The average molecular weight is 529 g/mol. The summed E-state index contributed by atoms with van der Waals surface area (Å²) in [5.41, 5.74) is 4.30. The van der Waals surface area contributed by atoms with Crippen molar-refractivity contribution in [1.29, 1.82) is 0 Å². The molecule has 0 saturated carbocycles. The molecule has 9 heteroatoms. The molecule has 0 unspecified atom stereocenters. The van der Waals surface area contributed by atoms with Crippen LogP contribution in [-0.2, 0) is 9.53 Å². The number of hydrogen-bond acceptors (Lipinski definition) is 7. The largest absolute Gasteiger partial charge is 0.513 e. The molecular formula is C30H32N4O5. The molecule has 1 heterocycles. The molecule has 3 aromatic carbocycles. The van der Waals surface area contributed by atoms with Crippen LogP contribution in [0.25, 0.3) is 11.3 Å². The Labute approximate surface area is 227 Å². The number of rotatable bonds is 10. The number of anilines is 2. The minimum atomic E-state index is -0.845. The molecule has 202 valence electrons. The number of hydrogen-bond donors (Lipinski definition) is 3. The summed E-state index contributed by atoms with van der Waals surface area (Å²) in [6, 6.07) is 21.5. The number of amides is 2. The molecule has 4 rings (SSSR count). The smallest absolute Gasteiger partial charge is 0.437 e. The summed E-state index contributed by atoms with van der Waals surface area (Å²) in [7, 11) is 1.22. The molecule has 1 aliphatic heterocycles. The van der Waals surface area contributed by atoms with Gasteiger partial charge in [-0.15, -0.1) is 0 Å². The molecule has 3 N–H and O–H groups in total. The zero-order valence-electron chi connectivity index (χ0n) is 22.2. The van der Waals surface area contributed by atoms with Gasteiger partial charge in [-0.25, -0.2) is 4.79 Å². The highest BCUT2D eigenvalue weighted by Crippen LogP contribution is 2.39. The van der Waals surface area contributed by atoms with Crippen molar-refractivity contribution in [3.63, 3.8) is 0 Å². The molecule has 0 spiro atoms. The molecule has 3 aromatic rings. The van der Waals surface area contributed by atoms with E-state index in [-0.39, 0.29) is 17.6 Å². The predicted octanol–water partition coefficient (Wildman–Crippen LogP) is 4.84. The van der Waals surface area contributed by atoms with Crippen molar-refractivity contribution in [2.24, 2.45) is 0 Å². The van der Waals surface area contributed by atoms with E-state index in [1.165, 1.54) is 7.11 Å². The summed E-state index contributed by atoms with van der Waals surface area (Å²) in [5, 5.41) is 9.19. The first-order valence-electron chi connectivity index (χ1n) is 12.8.